The molecule has 7 nitrogen and oxygen atoms in total. The molecule has 0 bridgehead atoms. The van der Waals surface area contributed by atoms with E-state index in [2.05, 4.69) is 10.3 Å². The predicted octanol–water partition coefficient (Wildman–Crippen LogP) is 5.21. The van der Waals surface area contributed by atoms with E-state index in [1.54, 1.807) is 30.3 Å². The highest BCUT2D eigenvalue weighted by atomic mass is 35.5. The summed E-state index contributed by atoms with van der Waals surface area (Å²) < 4.78 is 5.94. The number of aromatic nitrogens is 1. The fourth-order valence-electron chi connectivity index (χ4n) is 3.26. The second-order valence-electron chi connectivity index (χ2n) is 6.68. The lowest BCUT2D eigenvalue weighted by Gasteiger charge is -2.26. The molecule has 3 rings (SSSR count). The van der Waals surface area contributed by atoms with Crippen molar-refractivity contribution in [3.63, 3.8) is 0 Å². The Morgan fingerprint density at radius 2 is 2.17 bits per heavy atom. The van der Waals surface area contributed by atoms with E-state index in [4.69, 9.17) is 21.4 Å². The van der Waals surface area contributed by atoms with Gasteiger partial charge in [-0.15, -0.1) is 11.8 Å². The Morgan fingerprint density at radius 1 is 1.41 bits per heavy atom. The number of carbonyl (C=O) groups excluding carboxylic acids is 1. The maximum absolute atomic E-state index is 13.0. The minimum Gasteiger partial charge on any atom is -0.495 e. The number of methoxy groups -OCH3 is 1. The number of aliphatic carboxylic acids is 1. The van der Waals surface area contributed by atoms with Crippen molar-refractivity contribution in [1.82, 2.24) is 4.98 Å². The van der Waals surface area contributed by atoms with E-state index in [0.717, 1.165) is 17.1 Å². The minimum absolute atomic E-state index is 0.0479. The van der Waals surface area contributed by atoms with E-state index >= 15 is 0 Å². The molecule has 0 unspecified atom stereocenters. The van der Waals surface area contributed by atoms with Gasteiger partial charge in [0.05, 0.1) is 28.3 Å². The average Bonchev–Trinajstić information content (AvgIpc) is 3.36. The lowest BCUT2D eigenvalue weighted by atomic mass is 10.1. The Kier molecular flexibility index (Phi) is 7.63. The van der Waals surface area contributed by atoms with E-state index in [0.29, 0.717) is 34.1 Å². The van der Waals surface area contributed by atoms with Gasteiger partial charge >= 0.3 is 12.0 Å². The Hall–Kier alpha value is -1.97. The van der Waals surface area contributed by atoms with Crippen LogP contribution in [0.4, 0.5) is 15.6 Å². The normalized spacial score (nSPS) is 14.0. The standard InChI is InChI=1S/C19H22ClN3O4S2/c1-27-15-7-6-13(8-14(15)20)23(10-12-4-2-3-5-12)19(26)22-18-21-9-17(29-18)28-11-16(24)25/h6-9,12H,2-5,10-11H2,1H3,(H,24,25)(H,21,22,26). The number of amides is 2. The van der Waals surface area contributed by atoms with Crippen LogP contribution in [0.1, 0.15) is 25.7 Å². The van der Waals surface area contributed by atoms with Crippen LogP contribution in [0.2, 0.25) is 5.02 Å². The maximum Gasteiger partial charge on any atom is 0.328 e. The smallest absolute Gasteiger partial charge is 0.328 e. The van der Waals surface area contributed by atoms with Crippen molar-refractivity contribution < 1.29 is 19.4 Å². The molecule has 10 heteroatoms. The van der Waals surface area contributed by atoms with Crippen LogP contribution in [0.5, 0.6) is 5.75 Å². The van der Waals surface area contributed by atoms with Crippen molar-refractivity contribution >= 4 is 57.5 Å². The van der Waals surface area contributed by atoms with Crippen LogP contribution in [0.3, 0.4) is 0 Å². The molecule has 1 aliphatic rings. The molecule has 2 N–H and O–H groups in total. The number of halogens is 1. The van der Waals surface area contributed by atoms with Gasteiger partial charge in [0.25, 0.3) is 0 Å². The summed E-state index contributed by atoms with van der Waals surface area (Å²) in [7, 11) is 1.55. The van der Waals surface area contributed by atoms with Gasteiger partial charge in [0, 0.05) is 12.2 Å². The van der Waals surface area contributed by atoms with Crippen molar-refractivity contribution in [2.75, 3.05) is 29.6 Å². The van der Waals surface area contributed by atoms with Gasteiger partial charge in [-0.1, -0.05) is 35.8 Å². The van der Waals surface area contributed by atoms with Crippen molar-refractivity contribution in [3.05, 3.63) is 29.4 Å². The van der Waals surface area contributed by atoms with E-state index in [1.807, 2.05) is 6.07 Å². The van der Waals surface area contributed by atoms with E-state index in [9.17, 15) is 9.59 Å². The molecule has 1 aliphatic carbocycles. The number of carboxylic acid groups (broad SMARTS) is 1. The van der Waals surface area contributed by atoms with Crippen LogP contribution in [0.15, 0.2) is 28.6 Å². The number of hydrogen-bond donors (Lipinski definition) is 2. The highest BCUT2D eigenvalue weighted by molar-refractivity contribution is 8.01. The van der Waals surface area contributed by atoms with Crippen LogP contribution >= 0.6 is 34.7 Å². The summed E-state index contributed by atoms with van der Waals surface area (Å²) in [6.07, 6.45) is 6.13. The van der Waals surface area contributed by atoms with Gasteiger partial charge in [-0.05, 0) is 37.0 Å². The quantitative estimate of drug-likeness (QED) is 0.531. The molecule has 1 saturated carbocycles. The van der Waals surface area contributed by atoms with Gasteiger partial charge in [-0.3, -0.25) is 15.0 Å². The fourth-order valence-corrected chi connectivity index (χ4v) is 5.09. The van der Waals surface area contributed by atoms with Gasteiger partial charge in [0.15, 0.2) is 5.13 Å². The van der Waals surface area contributed by atoms with Crippen LogP contribution in [0, 0.1) is 5.92 Å². The topological polar surface area (TPSA) is 91.8 Å². The molecule has 1 fully saturated rings. The van der Waals surface area contributed by atoms with Gasteiger partial charge in [-0.25, -0.2) is 9.78 Å². The molecule has 0 saturated heterocycles. The molecule has 1 heterocycles. The monoisotopic (exact) mass is 455 g/mol. The lowest BCUT2D eigenvalue weighted by molar-refractivity contribution is -0.133. The first kappa shape index (κ1) is 21.7. The summed E-state index contributed by atoms with van der Waals surface area (Å²) in [5.41, 5.74) is 0.692. The zero-order chi connectivity index (χ0) is 20.8. The molecule has 156 valence electrons. The van der Waals surface area contributed by atoms with Crippen LogP contribution in [-0.2, 0) is 4.79 Å². The van der Waals surface area contributed by atoms with E-state index < -0.39 is 5.97 Å². The number of urea groups is 1. The van der Waals surface area contributed by atoms with Crippen molar-refractivity contribution in [3.8, 4) is 5.75 Å². The molecule has 0 spiro atoms. The van der Waals surface area contributed by atoms with Crippen LogP contribution in [-0.4, -0.2) is 41.5 Å². The minimum atomic E-state index is -0.895. The summed E-state index contributed by atoms with van der Waals surface area (Å²) in [6, 6.07) is 5.00. The number of carbonyl (C=O) groups is 2. The third-order valence-electron chi connectivity index (χ3n) is 4.64. The van der Waals surface area contributed by atoms with Crippen molar-refractivity contribution in [1.29, 1.82) is 0 Å². The largest absolute Gasteiger partial charge is 0.495 e. The second kappa shape index (κ2) is 10.2. The molecule has 0 radical (unpaired) electrons. The highest BCUT2D eigenvalue weighted by Crippen LogP contribution is 2.33. The third kappa shape index (κ3) is 6.01. The summed E-state index contributed by atoms with van der Waals surface area (Å²) >= 11 is 8.70. The number of nitrogens with one attached hydrogen (secondary N) is 1. The van der Waals surface area contributed by atoms with Crippen molar-refractivity contribution in [2.45, 2.75) is 29.9 Å². The predicted molar refractivity (Wildman–Crippen MR) is 117 cm³/mol. The Balaban J connectivity index is 1.75. The van der Waals surface area contributed by atoms with Crippen molar-refractivity contribution in [2.24, 2.45) is 5.92 Å². The number of ether oxygens (including phenoxy) is 1. The molecule has 1 aromatic heterocycles. The molecule has 0 atom stereocenters. The molecule has 29 heavy (non-hydrogen) atoms. The summed E-state index contributed by atoms with van der Waals surface area (Å²) in [5.74, 6) is 0.0534. The SMILES string of the molecule is COc1ccc(N(CC2CCCC2)C(=O)Nc2ncc(SCC(=O)O)s2)cc1Cl. The molecule has 1 aromatic carbocycles. The van der Waals surface area contributed by atoms with Gasteiger partial charge < -0.3 is 9.84 Å². The number of rotatable bonds is 8. The number of nitrogens with zero attached hydrogens (tertiary/aromatic N) is 2. The zero-order valence-corrected chi connectivity index (χ0v) is 18.3. The fraction of sp³-hybridized carbons (Fsp3) is 0.421. The average molecular weight is 456 g/mol. The maximum atomic E-state index is 13.0. The summed E-state index contributed by atoms with van der Waals surface area (Å²) in [6.45, 7) is 0.598. The summed E-state index contributed by atoms with van der Waals surface area (Å²) in [4.78, 5) is 29.6. The molecule has 0 aliphatic heterocycles. The number of benzene rings is 1. The molecule has 2 aromatic rings. The Bertz CT molecular complexity index is 871. The Labute approximate surface area is 182 Å². The van der Waals surface area contributed by atoms with Gasteiger partial charge in [0.2, 0.25) is 0 Å². The second-order valence-corrected chi connectivity index (χ2v) is 9.39. The Morgan fingerprint density at radius 3 is 2.83 bits per heavy atom. The molecular formula is C19H22ClN3O4S2. The number of hydrogen-bond acceptors (Lipinski definition) is 6. The molecular weight excluding hydrogens is 434 g/mol. The molecule has 2 amide bonds. The third-order valence-corrected chi connectivity index (χ3v) is 7.03. The highest BCUT2D eigenvalue weighted by Gasteiger charge is 2.24. The van der Waals surface area contributed by atoms with Gasteiger partial charge in [-0.2, -0.15) is 0 Å². The number of thiazole rings is 1. The summed E-state index contributed by atoms with van der Waals surface area (Å²) in [5, 5.41) is 12.5. The first-order chi connectivity index (χ1) is 14.0. The zero-order valence-electron chi connectivity index (χ0n) is 15.9. The lowest BCUT2D eigenvalue weighted by Crippen LogP contribution is -2.38. The van der Waals surface area contributed by atoms with E-state index in [-0.39, 0.29) is 11.8 Å². The van der Waals surface area contributed by atoms with Gasteiger partial charge in [0.1, 0.15) is 5.75 Å². The first-order valence-electron chi connectivity index (χ1n) is 9.18. The first-order valence-corrected chi connectivity index (χ1v) is 11.4. The van der Waals surface area contributed by atoms with Crippen LogP contribution < -0.4 is 15.0 Å². The number of thioether (sulfide) groups is 1. The van der Waals surface area contributed by atoms with E-state index in [1.165, 1.54) is 35.9 Å². The number of carboxylic acids is 1. The van der Waals surface area contributed by atoms with Crippen LogP contribution in [0.25, 0.3) is 0 Å². The number of anilines is 2.